The molecule has 1 heterocycles. The van der Waals surface area contributed by atoms with E-state index in [1.54, 1.807) is 0 Å². The van der Waals surface area contributed by atoms with E-state index in [-0.39, 0.29) is 0 Å². The molecule has 3 nitrogen and oxygen atoms in total. The second-order valence-corrected chi connectivity index (χ2v) is 5.46. The number of ether oxygens (including phenoxy) is 1. The quantitative estimate of drug-likeness (QED) is 0.794. The van der Waals surface area contributed by atoms with Gasteiger partial charge in [-0.15, -0.1) is 11.6 Å². The first-order chi connectivity index (χ1) is 9.36. The molecule has 0 unspecified atom stereocenters. The molecule has 1 aromatic rings. The SMILES string of the molecule is ClCCN1CCOC1=Nc1ccc2c(c1)CCCC2. The zero-order valence-electron chi connectivity index (χ0n) is 11.1. The number of nitrogens with zero attached hydrogens (tertiary/aromatic N) is 2. The number of amidine groups is 1. The van der Waals surface area contributed by atoms with Gasteiger partial charge in [-0.3, -0.25) is 0 Å². The van der Waals surface area contributed by atoms with Crippen molar-refractivity contribution in [2.75, 3.05) is 25.6 Å². The van der Waals surface area contributed by atoms with Crippen LogP contribution in [0.3, 0.4) is 0 Å². The molecule has 102 valence electrons. The summed E-state index contributed by atoms with van der Waals surface area (Å²) in [6.07, 6.45) is 5.00. The molecule has 1 fully saturated rings. The van der Waals surface area contributed by atoms with Crippen LogP contribution in [-0.2, 0) is 17.6 Å². The zero-order valence-corrected chi connectivity index (χ0v) is 11.8. The van der Waals surface area contributed by atoms with Crippen LogP contribution in [0.5, 0.6) is 0 Å². The van der Waals surface area contributed by atoms with Crippen molar-refractivity contribution in [2.45, 2.75) is 25.7 Å². The lowest BCUT2D eigenvalue weighted by molar-refractivity contribution is 0.352. The van der Waals surface area contributed by atoms with Crippen LogP contribution in [0, 0.1) is 0 Å². The van der Waals surface area contributed by atoms with Crippen molar-refractivity contribution < 1.29 is 4.74 Å². The highest BCUT2D eigenvalue weighted by atomic mass is 35.5. The number of hydrogen-bond acceptors (Lipinski definition) is 2. The molecule has 3 rings (SSSR count). The summed E-state index contributed by atoms with van der Waals surface area (Å²) in [4.78, 5) is 6.73. The van der Waals surface area contributed by atoms with Crippen LogP contribution in [0.15, 0.2) is 23.2 Å². The van der Waals surface area contributed by atoms with E-state index >= 15 is 0 Å². The lowest BCUT2D eigenvalue weighted by atomic mass is 9.91. The molecule has 19 heavy (non-hydrogen) atoms. The Labute approximate surface area is 119 Å². The fourth-order valence-electron chi connectivity index (χ4n) is 2.75. The van der Waals surface area contributed by atoms with Gasteiger partial charge in [0.15, 0.2) is 0 Å². The van der Waals surface area contributed by atoms with E-state index in [1.807, 2.05) is 0 Å². The monoisotopic (exact) mass is 278 g/mol. The summed E-state index contributed by atoms with van der Waals surface area (Å²) in [5, 5.41) is 0. The van der Waals surface area contributed by atoms with Crippen LogP contribution in [-0.4, -0.2) is 36.5 Å². The topological polar surface area (TPSA) is 24.8 Å². The van der Waals surface area contributed by atoms with E-state index in [0.29, 0.717) is 12.5 Å². The van der Waals surface area contributed by atoms with E-state index < -0.39 is 0 Å². The first-order valence-corrected chi connectivity index (χ1v) is 7.54. The highest BCUT2D eigenvalue weighted by molar-refractivity contribution is 6.18. The molecule has 0 spiro atoms. The molecule has 0 saturated carbocycles. The summed E-state index contributed by atoms with van der Waals surface area (Å²) < 4.78 is 5.58. The number of halogens is 1. The zero-order chi connectivity index (χ0) is 13.1. The van der Waals surface area contributed by atoms with Gasteiger partial charge in [-0.2, -0.15) is 4.99 Å². The summed E-state index contributed by atoms with van der Waals surface area (Å²) in [5.74, 6) is 0.604. The predicted octanol–water partition coefficient (Wildman–Crippen LogP) is 3.12. The van der Waals surface area contributed by atoms with Gasteiger partial charge in [-0.25, -0.2) is 0 Å². The number of aryl methyl sites for hydroxylation is 2. The maximum atomic E-state index is 5.79. The standard InChI is InChI=1S/C15H19ClN2O/c16-7-8-18-9-10-19-15(18)17-14-6-5-12-3-1-2-4-13(12)11-14/h5-6,11H,1-4,7-10H2. The Kier molecular flexibility index (Phi) is 3.92. The summed E-state index contributed by atoms with van der Waals surface area (Å²) in [7, 11) is 0. The Morgan fingerprint density at radius 3 is 2.89 bits per heavy atom. The smallest absolute Gasteiger partial charge is 0.292 e. The molecule has 0 amide bonds. The Morgan fingerprint density at radius 1 is 1.21 bits per heavy atom. The van der Waals surface area contributed by atoms with E-state index in [1.165, 1.54) is 36.8 Å². The third kappa shape index (κ3) is 2.86. The molecule has 0 aromatic heterocycles. The molecule has 1 aliphatic carbocycles. The molecule has 4 heteroatoms. The third-order valence-corrected chi connectivity index (χ3v) is 3.94. The normalized spacial score (nSPS) is 20.5. The van der Waals surface area contributed by atoms with Crippen LogP contribution < -0.4 is 0 Å². The van der Waals surface area contributed by atoms with Crippen molar-refractivity contribution in [1.29, 1.82) is 0 Å². The van der Waals surface area contributed by atoms with E-state index in [9.17, 15) is 0 Å². The number of aliphatic imine (C=N–C) groups is 1. The second-order valence-electron chi connectivity index (χ2n) is 5.08. The molecule has 0 radical (unpaired) electrons. The van der Waals surface area contributed by atoms with Gasteiger partial charge in [0, 0.05) is 12.4 Å². The molecule has 0 atom stereocenters. The summed E-state index contributed by atoms with van der Waals surface area (Å²) in [6, 6.07) is 7.24. The lowest BCUT2D eigenvalue weighted by Gasteiger charge is -2.16. The van der Waals surface area contributed by atoms with Crippen molar-refractivity contribution >= 4 is 23.3 Å². The molecular weight excluding hydrogens is 260 g/mol. The number of alkyl halides is 1. The van der Waals surface area contributed by atoms with Crippen molar-refractivity contribution in [3.8, 4) is 0 Å². The van der Waals surface area contributed by atoms with Gasteiger partial charge in [-0.1, -0.05) is 6.07 Å². The minimum Gasteiger partial charge on any atom is -0.463 e. The third-order valence-electron chi connectivity index (χ3n) is 3.77. The molecule has 1 saturated heterocycles. The fraction of sp³-hybridized carbons (Fsp3) is 0.533. The van der Waals surface area contributed by atoms with Gasteiger partial charge in [0.25, 0.3) is 6.02 Å². The Morgan fingerprint density at radius 2 is 2.05 bits per heavy atom. The van der Waals surface area contributed by atoms with Crippen molar-refractivity contribution in [3.05, 3.63) is 29.3 Å². The Balaban J connectivity index is 1.82. The van der Waals surface area contributed by atoms with E-state index in [4.69, 9.17) is 16.3 Å². The molecule has 1 aliphatic heterocycles. The highest BCUT2D eigenvalue weighted by Gasteiger charge is 2.19. The highest BCUT2D eigenvalue weighted by Crippen LogP contribution is 2.26. The largest absolute Gasteiger partial charge is 0.463 e. The summed E-state index contributed by atoms with van der Waals surface area (Å²) in [6.45, 7) is 2.39. The average molecular weight is 279 g/mol. The van der Waals surface area contributed by atoms with E-state index in [2.05, 4.69) is 28.1 Å². The number of benzene rings is 1. The molecular formula is C15H19ClN2O. The van der Waals surface area contributed by atoms with Gasteiger partial charge in [0.05, 0.1) is 12.2 Å². The molecule has 0 bridgehead atoms. The van der Waals surface area contributed by atoms with Crippen LogP contribution in [0.2, 0.25) is 0 Å². The first kappa shape index (κ1) is 12.8. The summed E-state index contributed by atoms with van der Waals surface area (Å²) >= 11 is 5.79. The minimum atomic E-state index is 0.604. The van der Waals surface area contributed by atoms with Gasteiger partial charge < -0.3 is 9.64 Å². The second kappa shape index (κ2) is 5.83. The van der Waals surface area contributed by atoms with Crippen molar-refractivity contribution in [2.24, 2.45) is 4.99 Å². The van der Waals surface area contributed by atoms with Crippen molar-refractivity contribution in [1.82, 2.24) is 4.90 Å². The van der Waals surface area contributed by atoms with Crippen molar-refractivity contribution in [3.63, 3.8) is 0 Å². The fourth-order valence-corrected chi connectivity index (χ4v) is 2.95. The minimum absolute atomic E-state index is 0.604. The number of hydrogen-bond donors (Lipinski definition) is 0. The predicted molar refractivity (Wildman–Crippen MR) is 78.4 cm³/mol. The van der Waals surface area contributed by atoms with Crippen LogP contribution in [0.25, 0.3) is 0 Å². The number of fused-ring (bicyclic) bond motifs is 1. The van der Waals surface area contributed by atoms with E-state index in [0.717, 1.165) is 24.8 Å². The lowest BCUT2D eigenvalue weighted by Crippen LogP contribution is -2.27. The Hall–Kier alpha value is -1.22. The van der Waals surface area contributed by atoms with Crippen LogP contribution in [0.1, 0.15) is 24.0 Å². The average Bonchev–Trinajstić information content (AvgIpc) is 2.86. The maximum absolute atomic E-state index is 5.79. The molecule has 2 aliphatic rings. The summed E-state index contributed by atoms with van der Waals surface area (Å²) in [5.41, 5.74) is 3.94. The molecule has 0 N–H and O–H groups in total. The Bertz CT molecular complexity index is 487. The first-order valence-electron chi connectivity index (χ1n) is 7.01. The van der Waals surface area contributed by atoms with Gasteiger partial charge in [-0.05, 0) is 48.9 Å². The van der Waals surface area contributed by atoms with Crippen LogP contribution >= 0.6 is 11.6 Å². The number of rotatable bonds is 3. The maximum Gasteiger partial charge on any atom is 0.292 e. The van der Waals surface area contributed by atoms with Gasteiger partial charge in [0.2, 0.25) is 0 Å². The molecule has 1 aromatic carbocycles. The van der Waals surface area contributed by atoms with Gasteiger partial charge >= 0.3 is 0 Å². The van der Waals surface area contributed by atoms with Gasteiger partial charge in [0.1, 0.15) is 6.61 Å². The van der Waals surface area contributed by atoms with Crippen LogP contribution in [0.4, 0.5) is 5.69 Å².